The third-order valence-corrected chi connectivity index (χ3v) is 5.54. The van der Waals surface area contributed by atoms with Gasteiger partial charge in [-0.05, 0) is 47.0 Å². The van der Waals surface area contributed by atoms with E-state index in [2.05, 4.69) is 18.3 Å². The first-order valence-corrected chi connectivity index (χ1v) is 10.7. The topological polar surface area (TPSA) is 63.1 Å². The van der Waals surface area contributed by atoms with Gasteiger partial charge in [0.1, 0.15) is 5.75 Å². The summed E-state index contributed by atoms with van der Waals surface area (Å²) >= 11 is 0. The number of carbonyl (C=O) groups excluding carboxylic acids is 2. The molecule has 2 aromatic rings. The number of hydrogen-bond acceptors (Lipinski definition) is 3. The summed E-state index contributed by atoms with van der Waals surface area (Å²) in [5.41, 5.74) is 0.994. The van der Waals surface area contributed by atoms with E-state index in [4.69, 9.17) is 4.74 Å². The fourth-order valence-electron chi connectivity index (χ4n) is 3.66. The van der Waals surface area contributed by atoms with Crippen LogP contribution in [0.2, 0.25) is 0 Å². The number of nitrogens with one attached hydrogen (secondary N) is 2. The molecule has 0 saturated carbocycles. The van der Waals surface area contributed by atoms with Gasteiger partial charge in [-0.3, -0.25) is 9.59 Å². The van der Waals surface area contributed by atoms with Gasteiger partial charge in [-0.15, -0.1) is 0 Å². The van der Waals surface area contributed by atoms with Crippen molar-refractivity contribution in [1.82, 2.24) is 10.2 Å². The van der Waals surface area contributed by atoms with E-state index in [-0.39, 0.29) is 11.8 Å². The van der Waals surface area contributed by atoms with E-state index >= 15 is 0 Å². The maximum Gasteiger partial charge on any atom is 0.275 e. The standard InChI is InChI=1S/C24H31N3O3/c1-3-4-11-25-23(28)18-26-12-14-27(15-13-26)24(29)10-6-19-5-7-21-17-22(30-2)9-8-20(21)16-19/h5-10,16-17H,3-4,11-15,18H2,1-2H3,(H,25,28)/p+1/b10-6+. The van der Waals surface area contributed by atoms with Crippen LogP contribution in [0.3, 0.4) is 0 Å². The Bertz CT molecular complexity index is 902. The number of hydrogen-bond donors (Lipinski definition) is 2. The van der Waals surface area contributed by atoms with Crippen molar-refractivity contribution in [2.75, 3.05) is 46.4 Å². The summed E-state index contributed by atoms with van der Waals surface area (Å²) in [7, 11) is 1.66. The molecule has 2 amide bonds. The van der Waals surface area contributed by atoms with Crippen LogP contribution in [0.25, 0.3) is 16.8 Å². The normalized spacial score (nSPS) is 14.9. The molecule has 1 aliphatic rings. The first kappa shape index (κ1) is 21.8. The molecule has 6 heteroatoms. The molecule has 30 heavy (non-hydrogen) atoms. The molecule has 0 atom stereocenters. The number of nitrogens with zero attached hydrogens (tertiary/aromatic N) is 1. The van der Waals surface area contributed by atoms with E-state index in [0.717, 1.165) is 54.6 Å². The van der Waals surface area contributed by atoms with E-state index in [1.165, 1.54) is 4.90 Å². The highest BCUT2D eigenvalue weighted by molar-refractivity contribution is 5.93. The molecule has 0 spiro atoms. The minimum Gasteiger partial charge on any atom is -0.497 e. The summed E-state index contributed by atoms with van der Waals surface area (Å²) in [6.45, 7) is 6.32. The fourth-order valence-corrected chi connectivity index (χ4v) is 3.66. The molecule has 160 valence electrons. The highest BCUT2D eigenvalue weighted by Crippen LogP contribution is 2.22. The van der Waals surface area contributed by atoms with Gasteiger partial charge in [0, 0.05) is 12.6 Å². The molecule has 3 rings (SSSR count). The van der Waals surface area contributed by atoms with Gasteiger partial charge in [0.15, 0.2) is 6.54 Å². The predicted octanol–water partition coefficient (Wildman–Crippen LogP) is 1.51. The van der Waals surface area contributed by atoms with E-state index in [0.29, 0.717) is 19.6 Å². The van der Waals surface area contributed by atoms with Crippen molar-refractivity contribution in [1.29, 1.82) is 0 Å². The Labute approximate surface area is 178 Å². The Balaban J connectivity index is 1.49. The van der Waals surface area contributed by atoms with Crippen LogP contribution in [0.5, 0.6) is 5.75 Å². The summed E-state index contributed by atoms with van der Waals surface area (Å²) < 4.78 is 5.26. The number of fused-ring (bicyclic) bond motifs is 1. The van der Waals surface area contributed by atoms with E-state index < -0.39 is 0 Å². The number of rotatable bonds is 8. The maximum absolute atomic E-state index is 12.6. The van der Waals surface area contributed by atoms with Crippen LogP contribution in [-0.2, 0) is 9.59 Å². The third kappa shape index (κ3) is 6.07. The van der Waals surface area contributed by atoms with Crippen molar-refractivity contribution in [2.24, 2.45) is 0 Å². The highest BCUT2D eigenvalue weighted by atomic mass is 16.5. The Kier molecular flexibility index (Phi) is 7.85. The van der Waals surface area contributed by atoms with Gasteiger partial charge in [0.05, 0.1) is 33.3 Å². The van der Waals surface area contributed by atoms with Crippen LogP contribution in [-0.4, -0.2) is 63.1 Å². The maximum atomic E-state index is 12.6. The van der Waals surface area contributed by atoms with Gasteiger partial charge in [-0.25, -0.2) is 0 Å². The van der Waals surface area contributed by atoms with Crippen LogP contribution in [0, 0.1) is 0 Å². The van der Waals surface area contributed by atoms with Crippen LogP contribution >= 0.6 is 0 Å². The van der Waals surface area contributed by atoms with E-state index in [1.807, 2.05) is 41.3 Å². The average molecular weight is 411 g/mol. The quantitative estimate of drug-likeness (QED) is 0.512. The Morgan fingerprint density at radius 3 is 2.60 bits per heavy atom. The van der Waals surface area contributed by atoms with Crippen molar-refractivity contribution >= 4 is 28.7 Å². The number of benzene rings is 2. The lowest BCUT2D eigenvalue weighted by Crippen LogP contribution is -3.15. The molecule has 0 radical (unpaired) electrons. The summed E-state index contributed by atoms with van der Waals surface area (Å²) in [5.74, 6) is 0.962. The first-order chi connectivity index (χ1) is 14.6. The largest absolute Gasteiger partial charge is 0.497 e. The van der Waals surface area contributed by atoms with Gasteiger partial charge in [-0.1, -0.05) is 31.5 Å². The number of carbonyl (C=O) groups is 2. The molecular formula is C24H32N3O3+. The van der Waals surface area contributed by atoms with E-state index in [1.54, 1.807) is 13.2 Å². The molecule has 1 heterocycles. The lowest BCUT2D eigenvalue weighted by Gasteiger charge is -2.31. The second-order valence-corrected chi connectivity index (χ2v) is 7.76. The van der Waals surface area contributed by atoms with Crippen molar-refractivity contribution in [2.45, 2.75) is 19.8 Å². The van der Waals surface area contributed by atoms with Crippen molar-refractivity contribution in [3.8, 4) is 5.75 Å². The lowest BCUT2D eigenvalue weighted by molar-refractivity contribution is -0.896. The Morgan fingerprint density at radius 1 is 1.13 bits per heavy atom. The molecule has 0 unspecified atom stereocenters. The Hall–Kier alpha value is -2.86. The summed E-state index contributed by atoms with van der Waals surface area (Å²) in [5, 5.41) is 5.18. The van der Waals surface area contributed by atoms with Crippen LogP contribution in [0.4, 0.5) is 0 Å². The minimum atomic E-state index is 0.0243. The van der Waals surface area contributed by atoms with Gasteiger partial charge in [0.2, 0.25) is 5.91 Å². The van der Waals surface area contributed by atoms with Gasteiger partial charge < -0.3 is 19.9 Å². The minimum absolute atomic E-state index is 0.0243. The zero-order valence-electron chi connectivity index (χ0n) is 17.9. The second kappa shape index (κ2) is 10.8. The van der Waals surface area contributed by atoms with Crippen molar-refractivity contribution in [3.05, 3.63) is 48.0 Å². The summed E-state index contributed by atoms with van der Waals surface area (Å²) in [6.07, 6.45) is 5.61. The molecule has 1 aliphatic heterocycles. The number of unbranched alkanes of at least 4 members (excludes halogenated alkanes) is 1. The third-order valence-electron chi connectivity index (χ3n) is 5.54. The number of ether oxygens (including phenoxy) is 1. The number of methoxy groups -OCH3 is 1. The number of quaternary nitrogens is 1. The molecule has 6 nitrogen and oxygen atoms in total. The van der Waals surface area contributed by atoms with E-state index in [9.17, 15) is 9.59 Å². The smallest absolute Gasteiger partial charge is 0.275 e. The Morgan fingerprint density at radius 2 is 1.87 bits per heavy atom. The van der Waals surface area contributed by atoms with Crippen LogP contribution in [0.1, 0.15) is 25.3 Å². The number of amides is 2. The average Bonchev–Trinajstić information content (AvgIpc) is 2.77. The van der Waals surface area contributed by atoms with Crippen molar-refractivity contribution in [3.63, 3.8) is 0 Å². The molecule has 2 aromatic carbocycles. The fraction of sp³-hybridized carbons (Fsp3) is 0.417. The van der Waals surface area contributed by atoms with Gasteiger partial charge in [-0.2, -0.15) is 0 Å². The predicted molar refractivity (Wildman–Crippen MR) is 120 cm³/mol. The summed E-state index contributed by atoms with van der Waals surface area (Å²) in [4.78, 5) is 27.6. The monoisotopic (exact) mass is 410 g/mol. The highest BCUT2D eigenvalue weighted by Gasteiger charge is 2.23. The molecular weight excluding hydrogens is 378 g/mol. The second-order valence-electron chi connectivity index (χ2n) is 7.76. The molecule has 2 N–H and O–H groups in total. The molecule has 0 aliphatic carbocycles. The van der Waals surface area contributed by atoms with Crippen molar-refractivity contribution < 1.29 is 19.2 Å². The van der Waals surface area contributed by atoms with Gasteiger partial charge in [0.25, 0.3) is 5.91 Å². The van der Waals surface area contributed by atoms with Gasteiger partial charge >= 0.3 is 0 Å². The summed E-state index contributed by atoms with van der Waals surface area (Å²) in [6, 6.07) is 12.1. The molecule has 0 bridgehead atoms. The SMILES string of the molecule is CCCCNC(=O)C[NH+]1CCN(C(=O)/C=C/c2ccc3cc(OC)ccc3c2)CC1. The van der Waals surface area contributed by atoms with Crippen LogP contribution in [0.15, 0.2) is 42.5 Å². The zero-order chi connectivity index (χ0) is 21.3. The number of piperazine rings is 1. The molecule has 1 fully saturated rings. The van der Waals surface area contributed by atoms with Crippen LogP contribution < -0.4 is 15.0 Å². The lowest BCUT2D eigenvalue weighted by atomic mass is 10.1. The zero-order valence-corrected chi connectivity index (χ0v) is 17.9. The molecule has 0 aromatic heterocycles. The first-order valence-electron chi connectivity index (χ1n) is 10.7. The molecule has 1 saturated heterocycles.